The van der Waals surface area contributed by atoms with Gasteiger partial charge in [-0.05, 0) is 29.8 Å². The second kappa shape index (κ2) is 6.31. The van der Waals surface area contributed by atoms with Crippen molar-refractivity contribution in [1.82, 2.24) is 0 Å². The molecule has 0 aliphatic carbocycles. The van der Waals surface area contributed by atoms with Crippen LogP contribution in [0.1, 0.15) is 58.1 Å². The third-order valence-electron chi connectivity index (χ3n) is 6.15. The zero-order valence-electron chi connectivity index (χ0n) is 16.7. The molecule has 0 aromatic heterocycles. The summed E-state index contributed by atoms with van der Waals surface area (Å²) in [6, 6.07) is 10.7. The van der Waals surface area contributed by atoms with Crippen molar-refractivity contribution in [3.8, 4) is 11.5 Å². The molecule has 0 radical (unpaired) electrons. The van der Waals surface area contributed by atoms with Crippen LogP contribution in [-0.4, -0.2) is 30.1 Å². The maximum absolute atomic E-state index is 15.3. The first kappa shape index (κ1) is 20.2. The number of carbonyl (C=O) groups excluding carboxylic acids is 4. The number of hydrogen-bond donors (Lipinski definition) is 0. The summed E-state index contributed by atoms with van der Waals surface area (Å²) in [5.74, 6) is -4.90. The molecule has 6 rings (SSSR count). The van der Waals surface area contributed by atoms with Gasteiger partial charge in [-0.2, -0.15) is 13.2 Å². The van der Waals surface area contributed by atoms with E-state index in [0.29, 0.717) is 0 Å². The average Bonchev–Trinajstić information content (AvgIpc) is 3.22. The lowest BCUT2D eigenvalue weighted by Crippen LogP contribution is -2.46. The minimum atomic E-state index is -5.02. The predicted molar refractivity (Wildman–Crippen MR) is 105 cm³/mol. The van der Waals surface area contributed by atoms with Crippen molar-refractivity contribution in [3.63, 3.8) is 0 Å². The molecule has 34 heavy (non-hydrogen) atoms. The second-order valence-corrected chi connectivity index (χ2v) is 7.86. The van der Waals surface area contributed by atoms with Gasteiger partial charge in [0.1, 0.15) is 16.9 Å². The van der Waals surface area contributed by atoms with E-state index in [-0.39, 0.29) is 39.3 Å². The largest absolute Gasteiger partial charge is 0.457 e. The molecule has 3 aromatic rings. The molecule has 0 atom stereocenters. The van der Waals surface area contributed by atoms with E-state index in [1.54, 1.807) is 0 Å². The Labute approximate surface area is 187 Å². The molecule has 7 nitrogen and oxygen atoms in total. The van der Waals surface area contributed by atoms with Crippen LogP contribution in [0, 0.1) is 0 Å². The first-order valence-electron chi connectivity index (χ1n) is 9.83. The van der Waals surface area contributed by atoms with Crippen molar-refractivity contribution >= 4 is 23.9 Å². The third kappa shape index (κ3) is 2.36. The summed E-state index contributed by atoms with van der Waals surface area (Å²) < 4.78 is 60.7. The Hall–Kier alpha value is -4.47. The summed E-state index contributed by atoms with van der Waals surface area (Å²) in [6.45, 7) is 0. The van der Waals surface area contributed by atoms with Crippen molar-refractivity contribution in [2.75, 3.05) is 0 Å². The van der Waals surface area contributed by atoms with Gasteiger partial charge < -0.3 is 14.2 Å². The Balaban J connectivity index is 1.78. The molecule has 0 amide bonds. The molecular weight excluding hydrogens is 457 g/mol. The minimum absolute atomic E-state index is 0.233. The molecule has 0 spiro atoms. The molecule has 168 valence electrons. The highest BCUT2D eigenvalue weighted by molar-refractivity contribution is 6.16. The van der Waals surface area contributed by atoms with Crippen LogP contribution >= 0.6 is 0 Å². The molecule has 0 N–H and O–H groups in total. The van der Waals surface area contributed by atoms with Crippen molar-refractivity contribution in [1.29, 1.82) is 0 Å². The Bertz CT molecular complexity index is 1410. The monoisotopic (exact) mass is 466 g/mol. The maximum Gasteiger partial charge on any atom is 0.406 e. The molecule has 10 heteroatoms. The van der Waals surface area contributed by atoms with Gasteiger partial charge in [0, 0.05) is 11.1 Å². The molecular formula is C24H9F3O7. The van der Waals surface area contributed by atoms with Gasteiger partial charge in [0.15, 0.2) is 0 Å². The number of esters is 4. The van der Waals surface area contributed by atoms with Gasteiger partial charge in [-0.3, -0.25) is 0 Å². The van der Waals surface area contributed by atoms with Crippen LogP contribution in [0.5, 0.6) is 11.5 Å². The van der Waals surface area contributed by atoms with Crippen molar-refractivity contribution in [2.45, 2.75) is 11.6 Å². The number of hydrogen-bond acceptors (Lipinski definition) is 7. The topological polar surface area (TPSA) is 96.0 Å². The van der Waals surface area contributed by atoms with Gasteiger partial charge in [0.05, 0.1) is 22.3 Å². The SMILES string of the molecule is O=C1OC(=O)c2cc3c(cc21)Oc1cc2c(cc1C3(c1ccccc1)C(F)(F)F)C(=O)OC2=O. The van der Waals surface area contributed by atoms with Crippen LogP contribution in [0.2, 0.25) is 0 Å². The summed E-state index contributed by atoms with van der Waals surface area (Å²) in [7, 11) is 0. The van der Waals surface area contributed by atoms with Gasteiger partial charge >= 0.3 is 30.1 Å². The Kier molecular flexibility index (Phi) is 3.74. The highest BCUT2D eigenvalue weighted by atomic mass is 19.4. The number of fused-ring (bicyclic) bond motifs is 4. The van der Waals surface area contributed by atoms with Gasteiger partial charge in [-0.1, -0.05) is 30.3 Å². The summed E-state index contributed by atoms with van der Waals surface area (Å²) in [5.41, 5.74) is -5.25. The zero-order chi connectivity index (χ0) is 24.0. The number of halogens is 3. The van der Waals surface area contributed by atoms with Crippen LogP contribution in [0.15, 0.2) is 54.6 Å². The van der Waals surface area contributed by atoms with Gasteiger partial charge in [0.25, 0.3) is 0 Å². The number of alkyl halides is 3. The number of cyclic esters (lactones) is 4. The summed E-state index contributed by atoms with van der Waals surface area (Å²) >= 11 is 0. The quantitative estimate of drug-likeness (QED) is 0.390. The van der Waals surface area contributed by atoms with E-state index in [4.69, 9.17) is 4.74 Å². The number of benzene rings is 3. The second-order valence-electron chi connectivity index (χ2n) is 7.86. The van der Waals surface area contributed by atoms with Gasteiger partial charge in [-0.15, -0.1) is 0 Å². The lowest BCUT2D eigenvalue weighted by atomic mass is 9.66. The molecule has 0 saturated carbocycles. The van der Waals surface area contributed by atoms with Gasteiger partial charge in [0.2, 0.25) is 0 Å². The summed E-state index contributed by atoms with van der Waals surface area (Å²) in [4.78, 5) is 48.4. The highest BCUT2D eigenvalue weighted by Gasteiger charge is 2.63. The fraction of sp³-hybridized carbons (Fsp3) is 0.0833. The number of carbonyl (C=O) groups is 4. The molecule has 0 unspecified atom stereocenters. The van der Waals surface area contributed by atoms with Crippen molar-refractivity contribution < 1.29 is 46.6 Å². The predicted octanol–water partition coefficient (Wildman–Crippen LogP) is 4.31. The van der Waals surface area contributed by atoms with E-state index < -0.39 is 46.6 Å². The van der Waals surface area contributed by atoms with Crippen LogP contribution in [0.25, 0.3) is 0 Å². The van der Waals surface area contributed by atoms with Crippen molar-refractivity contribution in [3.05, 3.63) is 93.5 Å². The fourth-order valence-corrected chi connectivity index (χ4v) is 4.71. The third-order valence-corrected chi connectivity index (χ3v) is 6.15. The lowest BCUT2D eigenvalue weighted by molar-refractivity contribution is -0.168. The van der Waals surface area contributed by atoms with E-state index in [0.717, 1.165) is 24.3 Å². The van der Waals surface area contributed by atoms with E-state index in [9.17, 15) is 19.2 Å². The van der Waals surface area contributed by atoms with Crippen LogP contribution < -0.4 is 4.74 Å². The zero-order valence-corrected chi connectivity index (χ0v) is 16.7. The van der Waals surface area contributed by atoms with Crippen molar-refractivity contribution in [2.24, 2.45) is 0 Å². The Morgan fingerprint density at radius 2 is 1.00 bits per heavy atom. The molecule has 3 aromatic carbocycles. The molecule has 0 saturated heterocycles. The smallest absolute Gasteiger partial charge is 0.406 e. The van der Waals surface area contributed by atoms with Crippen LogP contribution in [0.4, 0.5) is 13.2 Å². The van der Waals surface area contributed by atoms with Crippen LogP contribution in [0.3, 0.4) is 0 Å². The maximum atomic E-state index is 15.3. The van der Waals surface area contributed by atoms with Gasteiger partial charge in [-0.25, -0.2) is 19.2 Å². The first-order valence-corrected chi connectivity index (χ1v) is 9.83. The standard InChI is InChI=1S/C24H9F3O7/c25-24(26,27)23(10-4-2-1-3-5-10)15-6-11-13(21(30)33-19(11)28)8-17(15)32-18-9-14-12(7-16(18)23)20(29)34-22(14)31/h1-9H. The van der Waals surface area contributed by atoms with E-state index in [1.165, 1.54) is 30.3 Å². The van der Waals surface area contributed by atoms with E-state index in [1.807, 2.05) is 0 Å². The first-order chi connectivity index (χ1) is 16.1. The molecule has 0 bridgehead atoms. The van der Waals surface area contributed by atoms with Crippen LogP contribution in [-0.2, 0) is 14.9 Å². The fourth-order valence-electron chi connectivity index (χ4n) is 4.71. The minimum Gasteiger partial charge on any atom is -0.457 e. The lowest BCUT2D eigenvalue weighted by Gasteiger charge is -2.42. The number of rotatable bonds is 1. The summed E-state index contributed by atoms with van der Waals surface area (Å²) in [5, 5.41) is 0. The molecule has 3 aliphatic rings. The van der Waals surface area contributed by atoms with E-state index >= 15 is 13.2 Å². The average molecular weight is 466 g/mol. The molecule has 3 heterocycles. The molecule has 3 aliphatic heterocycles. The molecule has 0 fully saturated rings. The Morgan fingerprint density at radius 1 is 0.588 bits per heavy atom. The van der Waals surface area contributed by atoms with E-state index in [2.05, 4.69) is 9.47 Å². The Morgan fingerprint density at radius 3 is 1.41 bits per heavy atom. The normalized spacial score (nSPS) is 17.3. The number of ether oxygens (including phenoxy) is 3. The summed E-state index contributed by atoms with van der Waals surface area (Å²) in [6.07, 6.45) is -5.02. The highest BCUT2D eigenvalue weighted by Crippen LogP contribution is 2.60.